The minimum absolute atomic E-state index is 0.0779. The molecule has 0 saturated carbocycles. The number of nitrogens with zero attached hydrogens (tertiary/aromatic N) is 3. The van der Waals surface area contributed by atoms with Gasteiger partial charge in [0.2, 0.25) is 0 Å². The molecule has 29 heavy (non-hydrogen) atoms. The normalized spacial score (nSPS) is 10.9. The van der Waals surface area contributed by atoms with Crippen molar-refractivity contribution in [1.82, 2.24) is 9.55 Å². The van der Waals surface area contributed by atoms with Gasteiger partial charge < -0.3 is 9.64 Å². The van der Waals surface area contributed by atoms with Crippen molar-refractivity contribution in [3.63, 3.8) is 0 Å². The van der Waals surface area contributed by atoms with Gasteiger partial charge in [-0.15, -0.1) is 0 Å². The third-order valence-corrected chi connectivity index (χ3v) is 5.02. The molecule has 5 nitrogen and oxygen atoms in total. The highest BCUT2D eigenvalue weighted by molar-refractivity contribution is 6.08. The number of fused-ring (bicyclic) bond motifs is 1. The van der Waals surface area contributed by atoms with Gasteiger partial charge in [-0.1, -0.05) is 30.3 Å². The largest absolute Gasteiger partial charge is 0.495 e. The summed E-state index contributed by atoms with van der Waals surface area (Å²) in [5.74, 6) is 1.48. The second-order valence-electron chi connectivity index (χ2n) is 6.75. The van der Waals surface area contributed by atoms with Crippen molar-refractivity contribution < 1.29 is 9.53 Å². The van der Waals surface area contributed by atoms with Crippen molar-refractivity contribution in [1.29, 1.82) is 0 Å². The zero-order valence-electron chi connectivity index (χ0n) is 16.8. The fraction of sp³-hybridized carbons (Fsp3) is 0.167. The lowest BCUT2D eigenvalue weighted by Crippen LogP contribution is -2.30. The van der Waals surface area contributed by atoms with Crippen LogP contribution in [0.25, 0.3) is 16.7 Å². The Kier molecular flexibility index (Phi) is 5.04. The van der Waals surface area contributed by atoms with E-state index in [-0.39, 0.29) is 5.91 Å². The SMILES string of the molecule is CCN(C(=O)c1ccc2c(c1)nc(C)n2-c1ccccc1)c1ccccc1OC. The minimum atomic E-state index is -0.0779. The van der Waals surface area contributed by atoms with Gasteiger partial charge in [0.05, 0.1) is 23.8 Å². The van der Waals surface area contributed by atoms with Crippen LogP contribution in [0.15, 0.2) is 72.8 Å². The number of hydrogen-bond acceptors (Lipinski definition) is 3. The number of ether oxygens (including phenoxy) is 1. The predicted octanol–water partition coefficient (Wildman–Crippen LogP) is 5.01. The Bertz CT molecular complexity index is 1170. The average Bonchev–Trinajstić information content (AvgIpc) is 3.10. The van der Waals surface area contributed by atoms with E-state index in [1.807, 2.05) is 86.6 Å². The molecular formula is C24H23N3O2. The molecule has 3 aromatic carbocycles. The third-order valence-electron chi connectivity index (χ3n) is 5.02. The van der Waals surface area contributed by atoms with E-state index in [1.165, 1.54) is 0 Å². The Hall–Kier alpha value is -3.60. The number of methoxy groups -OCH3 is 1. The second-order valence-corrected chi connectivity index (χ2v) is 6.75. The van der Waals surface area contributed by atoms with Crippen LogP contribution in [0, 0.1) is 6.92 Å². The van der Waals surface area contributed by atoms with Gasteiger partial charge in [0.25, 0.3) is 5.91 Å². The zero-order chi connectivity index (χ0) is 20.4. The van der Waals surface area contributed by atoms with E-state index in [0.29, 0.717) is 17.9 Å². The predicted molar refractivity (Wildman–Crippen MR) is 116 cm³/mol. The Morgan fingerprint density at radius 1 is 1.03 bits per heavy atom. The molecule has 0 aliphatic rings. The summed E-state index contributed by atoms with van der Waals surface area (Å²) >= 11 is 0. The molecule has 0 bridgehead atoms. The van der Waals surface area contributed by atoms with Gasteiger partial charge in [0, 0.05) is 17.8 Å². The van der Waals surface area contributed by atoms with E-state index in [2.05, 4.69) is 4.57 Å². The number of carbonyl (C=O) groups excluding carboxylic acids is 1. The molecule has 4 aromatic rings. The van der Waals surface area contributed by atoms with Crippen molar-refractivity contribution >= 4 is 22.6 Å². The number of para-hydroxylation sites is 3. The summed E-state index contributed by atoms with van der Waals surface area (Å²) in [6.07, 6.45) is 0. The smallest absolute Gasteiger partial charge is 0.258 e. The summed E-state index contributed by atoms with van der Waals surface area (Å²) in [7, 11) is 1.61. The lowest BCUT2D eigenvalue weighted by molar-refractivity contribution is 0.0987. The molecule has 0 unspecified atom stereocenters. The van der Waals surface area contributed by atoms with E-state index < -0.39 is 0 Å². The van der Waals surface area contributed by atoms with Crippen molar-refractivity contribution in [2.75, 3.05) is 18.6 Å². The van der Waals surface area contributed by atoms with E-state index >= 15 is 0 Å². The van der Waals surface area contributed by atoms with Crippen LogP contribution in [0.2, 0.25) is 0 Å². The minimum Gasteiger partial charge on any atom is -0.495 e. The maximum atomic E-state index is 13.3. The number of aromatic nitrogens is 2. The number of rotatable bonds is 5. The highest BCUT2D eigenvalue weighted by Gasteiger charge is 2.20. The van der Waals surface area contributed by atoms with E-state index in [0.717, 1.165) is 28.2 Å². The van der Waals surface area contributed by atoms with E-state index in [4.69, 9.17) is 9.72 Å². The summed E-state index contributed by atoms with van der Waals surface area (Å²) in [6, 6.07) is 23.3. The summed E-state index contributed by atoms with van der Waals surface area (Å²) in [4.78, 5) is 19.7. The first-order chi connectivity index (χ1) is 14.1. The number of aryl methyl sites for hydroxylation is 1. The molecule has 1 amide bonds. The first kappa shape index (κ1) is 18.7. The van der Waals surface area contributed by atoms with Gasteiger partial charge in [-0.05, 0) is 56.3 Å². The van der Waals surface area contributed by atoms with Crippen molar-refractivity contribution in [3.05, 3.63) is 84.2 Å². The standard InChI is InChI=1S/C24H23N3O2/c1-4-26(22-12-8-9-13-23(22)29-3)24(28)18-14-15-21-20(16-18)25-17(2)27(21)19-10-6-5-7-11-19/h5-16H,4H2,1-3H3. The molecule has 1 heterocycles. The molecule has 0 fully saturated rings. The van der Waals surface area contributed by atoms with Crippen LogP contribution in [-0.4, -0.2) is 29.1 Å². The molecule has 0 spiro atoms. The zero-order valence-corrected chi connectivity index (χ0v) is 16.8. The van der Waals surface area contributed by atoms with Crippen LogP contribution < -0.4 is 9.64 Å². The van der Waals surface area contributed by atoms with Crippen molar-refractivity contribution in [2.24, 2.45) is 0 Å². The molecule has 0 N–H and O–H groups in total. The topological polar surface area (TPSA) is 47.4 Å². The summed E-state index contributed by atoms with van der Waals surface area (Å²) < 4.78 is 7.54. The van der Waals surface area contributed by atoms with Gasteiger partial charge >= 0.3 is 0 Å². The van der Waals surface area contributed by atoms with E-state index in [9.17, 15) is 4.79 Å². The quantitative estimate of drug-likeness (QED) is 0.485. The molecule has 0 aliphatic carbocycles. The highest BCUT2D eigenvalue weighted by Crippen LogP contribution is 2.29. The lowest BCUT2D eigenvalue weighted by Gasteiger charge is -2.23. The Morgan fingerprint density at radius 3 is 2.48 bits per heavy atom. The fourth-order valence-corrected chi connectivity index (χ4v) is 3.67. The van der Waals surface area contributed by atoms with Gasteiger partial charge in [-0.2, -0.15) is 0 Å². The van der Waals surface area contributed by atoms with Gasteiger partial charge in [0.15, 0.2) is 0 Å². The number of anilines is 1. The molecule has 5 heteroatoms. The third kappa shape index (κ3) is 3.36. The molecule has 0 atom stereocenters. The van der Waals surface area contributed by atoms with Crippen LogP contribution in [-0.2, 0) is 0 Å². The number of hydrogen-bond donors (Lipinski definition) is 0. The molecule has 0 radical (unpaired) electrons. The monoisotopic (exact) mass is 385 g/mol. The fourth-order valence-electron chi connectivity index (χ4n) is 3.67. The summed E-state index contributed by atoms with van der Waals surface area (Å²) in [5.41, 5.74) is 4.19. The van der Waals surface area contributed by atoms with Crippen LogP contribution in [0.5, 0.6) is 5.75 Å². The number of imidazole rings is 1. The number of carbonyl (C=O) groups is 1. The van der Waals surface area contributed by atoms with E-state index in [1.54, 1.807) is 12.0 Å². The highest BCUT2D eigenvalue weighted by atomic mass is 16.5. The molecule has 0 aliphatic heterocycles. The second kappa shape index (κ2) is 7.80. The maximum Gasteiger partial charge on any atom is 0.258 e. The van der Waals surface area contributed by atoms with Crippen LogP contribution in [0.4, 0.5) is 5.69 Å². The summed E-state index contributed by atoms with van der Waals surface area (Å²) in [6.45, 7) is 4.47. The average molecular weight is 385 g/mol. The Balaban J connectivity index is 1.75. The first-order valence-electron chi connectivity index (χ1n) is 9.63. The Labute approximate surface area is 170 Å². The molecule has 0 saturated heterocycles. The van der Waals surface area contributed by atoms with Crippen LogP contribution in [0.3, 0.4) is 0 Å². The Morgan fingerprint density at radius 2 is 1.76 bits per heavy atom. The van der Waals surface area contributed by atoms with Gasteiger partial charge in [-0.3, -0.25) is 9.36 Å². The summed E-state index contributed by atoms with van der Waals surface area (Å²) in [5, 5.41) is 0. The molecule has 146 valence electrons. The number of benzene rings is 3. The van der Waals surface area contributed by atoms with Crippen LogP contribution in [0.1, 0.15) is 23.1 Å². The maximum absolute atomic E-state index is 13.3. The molecule has 1 aromatic heterocycles. The molecular weight excluding hydrogens is 362 g/mol. The number of amides is 1. The van der Waals surface area contributed by atoms with Crippen molar-refractivity contribution in [2.45, 2.75) is 13.8 Å². The first-order valence-corrected chi connectivity index (χ1v) is 9.63. The van der Waals surface area contributed by atoms with Crippen LogP contribution >= 0.6 is 0 Å². The van der Waals surface area contributed by atoms with Crippen molar-refractivity contribution in [3.8, 4) is 11.4 Å². The molecule has 4 rings (SSSR count). The lowest BCUT2D eigenvalue weighted by atomic mass is 10.1. The van der Waals surface area contributed by atoms with Gasteiger partial charge in [-0.25, -0.2) is 4.98 Å². The van der Waals surface area contributed by atoms with Gasteiger partial charge in [0.1, 0.15) is 11.6 Å².